The quantitative estimate of drug-likeness (QED) is 0.784. The predicted molar refractivity (Wildman–Crippen MR) is 83.2 cm³/mol. The Morgan fingerprint density at radius 2 is 1.95 bits per heavy atom. The fourth-order valence-corrected chi connectivity index (χ4v) is 2.08. The van der Waals surface area contributed by atoms with Crippen LogP contribution in [0.15, 0.2) is 34.9 Å². The number of nitrogens with one attached hydrogen (secondary N) is 1. The van der Waals surface area contributed by atoms with Gasteiger partial charge in [0.25, 0.3) is 5.91 Å². The summed E-state index contributed by atoms with van der Waals surface area (Å²) < 4.78 is 5.13. The van der Waals surface area contributed by atoms with Gasteiger partial charge in [0.1, 0.15) is 5.69 Å². The van der Waals surface area contributed by atoms with Crippen molar-refractivity contribution in [1.29, 1.82) is 0 Å². The first-order chi connectivity index (χ1) is 10.2. The first-order valence-electron chi connectivity index (χ1n) is 7.52. The monoisotopic (exact) mass is 286 g/mol. The molecule has 0 unspecified atom stereocenters. The summed E-state index contributed by atoms with van der Waals surface area (Å²) in [5.41, 5.74) is 2.82. The van der Waals surface area contributed by atoms with E-state index in [1.165, 1.54) is 18.4 Å². The summed E-state index contributed by atoms with van der Waals surface area (Å²) in [5.74, 6) is 0.0680. The molecule has 1 aromatic heterocycles. The molecule has 112 valence electrons. The molecule has 0 aliphatic rings. The number of nitrogens with zero attached hydrogens (tertiary/aromatic N) is 1. The van der Waals surface area contributed by atoms with Crippen molar-refractivity contribution in [1.82, 2.24) is 10.5 Å². The minimum Gasteiger partial charge on any atom is -0.350 e. The van der Waals surface area contributed by atoms with Crippen LogP contribution in [0.3, 0.4) is 0 Å². The SMILES string of the molecule is CCCCCCNC(=O)c1cc(-c2ccc(C)cc2)no1. The molecule has 1 amide bonds. The molecule has 0 bridgehead atoms. The number of unbranched alkanes of at least 4 members (excludes halogenated alkanes) is 3. The number of benzene rings is 1. The molecule has 0 aliphatic carbocycles. The Kier molecular flexibility index (Phi) is 5.55. The van der Waals surface area contributed by atoms with Gasteiger partial charge in [-0.25, -0.2) is 0 Å². The van der Waals surface area contributed by atoms with Crippen LogP contribution in [-0.4, -0.2) is 17.6 Å². The van der Waals surface area contributed by atoms with E-state index in [0.717, 1.165) is 18.4 Å². The van der Waals surface area contributed by atoms with Gasteiger partial charge in [0.2, 0.25) is 5.76 Å². The van der Waals surface area contributed by atoms with Gasteiger partial charge in [-0.3, -0.25) is 4.79 Å². The summed E-state index contributed by atoms with van der Waals surface area (Å²) >= 11 is 0. The third-order valence-corrected chi connectivity index (χ3v) is 3.40. The Morgan fingerprint density at radius 3 is 2.67 bits per heavy atom. The molecule has 1 heterocycles. The average Bonchev–Trinajstić information content (AvgIpc) is 2.97. The van der Waals surface area contributed by atoms with Crippen LogP contribution in [0.5, 0.6) is 0 Å². The van der Waals surface area contributed by atoms with Crippen molar-refractivity contribution in [3.05, 3.63) is 41.7 Å². The maximum Gasteiger partial charge on any atom is 0.289 e. The van der Waals surface area contributed by atoms with Crippen molar-refractivity contribution in [3.63, 3.8) is 0 Å². The number of aromatic nitrogens is 1. The highest BCUT2D eigenvalue weighted by Crippen LogP contribution is 2.19. The summed E-state index contributed by atoms with van der Waals surface area (Å²) in [6.07, 6.45) is 4.53. The number of aryl methyl sites for hydroxylation is 1. The van der Waals surface area contributed by atoms with E-state index in [1.807, 2.05) is 31.2 Å². The molecule has 2 rings (SSSR count). The highest BCUT2D eigenvalue weighted by molar-refractivity contribution is 5.92. The van der Waals surface area contributed by atoms with Gasteiger partial charge in [0.05, 0.1) is 0 Å². The summed E-state index contributed by atoms with van der Waals surface area (Å²) in [5, 5.41) is 6.82. The lowest BCUT2D eigenvalue weighted by Crippen LogP contribution is -2.23. The minimum atomic E-state index is -0.197. The van der Waals surface area contributed by atoms with E-state index in [2.05, 4.69) is 17.4 Å². The number of carbonyl (C=O) groups is 1. The third kappa shape index (κ3) is 4.45. The zero-order valence-electron chi connectivity index (χ0n) is 12.7. The standard InChI is InChI=1S/C17H22N2O2/c1-3-4-5-6-11-18-17(20)16-12-15(19-21-16)14-9-7-13(2)8-10-14/h7-10,12H,3-6,11H2,1-2H3,(H,18,20). The molecule has 0 atom stereocenters. The highest BCUT2D eigenvalue weighted by atomic mass is 16.5. The Morgan fingerprint density at radius 1 is 1.19 bits per heavy atom. The second-order valence-corrected chi connectivity index (χ2v) is 5.26. The zero-order valence-corrected chi connectivity index (χ0v) is 12.7. The summed E-state index contributed by atoms with van der Waals surface area (Å²) in [4.78, 5) is 11.9. The van der Waals surface area contributed by atoms with Gasteiger partial charge in [-0.1, -0.05) is 61.2 Å². The number of amides is 1. The van der Waals surface area contributed by atoms with Crippen molar-refractivity contribution >= 4 is 5.91 Å². The molecular formula is C17H22N2O2. The first-order valence-corrected chi connectivity index (χ1v) is 7.52. The van der Waals surface area contributed by atoms with Crippen molar-refractivity contribution in [2.24, 2.45) is 0 Å². The number of carbonyl (C=O) groups excluding carboxylic acids is 1. The Balaban J connectivity index is 1.90. The van der Waals surface area contributed by atoms with Crippen LogP contribution in [0, 0.1) is 6.92 Å². The second kappa shape index (κ2) is 7.62. The van der Waals surface area contributed by atoms with E-state index in [0.29, 0.717) is 12.2 Å². The fraction of sp³-hybridized carbons (Fsp3) is 0.412. The molecule has 0 fully saturated rings. The van der Waals surface area contributed by atoms with E-state index < -0.39 is 0 Å². The molecule has 0 saturated carbocycles. The lowest BCUT2D eigenvalue weighted by Gasteiger charge is -2.01. The molecule has 0 radical (unpaired) electrons. The molecule has 0 saturated heterocycles. The van der Waals surface area contributed by atoms with Crippen LogP contribution < -0.4 is 5.32 Å². The topological polar surface area (TPSA) is 55.1 Å². The lowest BCUT2D eigenvalue weighted by molar-refractivity contribution is 0.0916. The molecular weight excluding hydrogens is 264 g/mol. The van der Waals surface area contributed by atoms with Gasteiger partial charge >= 0.3 is 0 Å². The lowest BCUT2D eigenvalue weighted by atomic mass is 10.1. The number of hydrogen-bond acceptors (Lipinski definition) is 3. The largest absolute Gasteiger partial charge is 0.350 e. The minimum absolute atomic E-state index is 0.197. The molecule has 1 N–H and O–H groups in total. The van der Waals surface area contributed by atoms with Crippen molar-refractivity contribution in [2.75, 3.05) is 6.54 Å². The van der Waals surface area contributed by atoms with E-state index in [9.17, 15) is 4.79 Å². The molecule has 4 heteroatoms. The highest BCUT2D eigenvalue weighted by Gasteiger charge is 2.13. The van der Waals surface area contributed by atoms with Gasteiger partial charge in [0, 0.05) is 18.2 Å². The maximum atomic E-state index is 11.9. The average molecular weight is 286 g/mol. The Hall–Kier alpha value is -2.10. The molecule has 21 heavy (non-hydrogen) atoms. The van der Waals surface area contributed by atoms with E-state index in [1.54, 1.807) is 6.07 Å². The summed E-state index contributed by atoms with van der Waals surface area (Å²) in [6.45, 7) is 4.88. The normalized spacial score (nSPS) is 10.6. The van der Waals surface area contributed by atoms with Crippen LogP contribution in [0.4, 0.5) is 0 Å². The molecule has 0 spiro atoms. The summed E-state index contributed by atoms with van der Waals surface area (Å²) in [6, 6.07) is 9.65. The van der Waals surface area contributed by atoms with E-state index in [4.69, 9.17) is 4.52 Å². The fourth-order valence-electron chi connectivity index (χ4n) is 2.08. The van der Waals surface area contributed by atoms with Crippen LogP contribution in [-0.2, 0) is 0 Å². The van der Waals surface area contributed by atoms with Crippen molar-refractivity contribution in [2.45, 2.75) is 39.5 Å². The molecule has 1 aromatic carbocycles. The van der Waals surface area contributed by atoms with Gasteiger partial charge in [-0.05, 0) is 13.3 Å². The third-order valence-electron chi connectivity index (χ3n) is 3.40. The molecule has 4 nitrogen and oxygen atoms in total. The van der Waals surface area contributed by atoms with E-state index >= 15 is 0 Å². The smallest absolute Gasteiger partial charge is 0.289 e. The predicted octanol–water partition coefficient (Wildman–Crippen LogP) is 3.96. The number of hydrogen-bond donors (Lipinski definition) is 1. The second-order valence-electron chi connectivity index (χ2n) is 5.26. The first kappa shape index (κ1) is 15.3. The van der Waals surface area contributed by atoms with Gasteiger partial charge in [-0.15, -0.1) is 0 Å². The molecule has 0 aliphatic heterocycles. The molecule has 2 aromatic rings. The van der Waals surface area contributed by atoms with Crippen molar-refractivity contribution < 1.29 is 9.32 Å². The van der Waals surface area contributed by atoms with E-state index in [-0.39, 0.29) is 11.7 Å². The van der Waals surface area contributed by atoms with Gasteiger partial charge < -0.3 is 9.84 Å². The Bertz CT molecular complexity index is 573. The van der Waals surface area contributed by atoms with Crippen LogP contribution in [0.25, 0.3) is 11.3 Å². The van der Waals surface area contributed by atoms with Crippen LogP contribution >= 0.6 is 0 Å². The summed E-state index contributed by atoms with van der Waals surface area (Å²) in [7, 11) is 0. The van der Waals surface area contributed by atoms with Gasteiger partial charge in [-0.2, -0.15) is 0 Å². The Labute approximate surface area is 125 Å². The number of rotatable bonds is 7. The van der Waals surface area contributed by atoms with Crippen LogP contribution in [0.1, 0.15) is 48.7 Å². The van der Waals surface area contributed by atoms with Crippen LogP contribution in [0.2, 0.25) is 0 Å². The maximum absolute atomic E-state index is 11.9. The van der Waals surface area contributed by atoms with Crippen molar-refractivity contribution in [3.8, 4) is 11.3 Å². The zero-order chi connectivity index (χ0) is 15.1. The van der Waals surface area contributed by atoms with Gasteiger partial charge in [0.15, 0.2) is 0 Å².